The van der Waals surface area contributed by atoms with E-state index in [4.69, 9.17) is 4.74 Å². The highest BCUT2D eigenvalue weighted by molar-refractivity contribution is 5.75. The number of amides is 1. The molecule has 2 aromatic rings. The summed E-state index contributed by atoms with van der Waals surface area (Å²) in [6, 6.07) is 10.9. The number of hydrogen-bond acceptors (Lipinski definition) is 4. The Morgan fingerprint density at radius 1 is 1.21 bits per heavy atom. The van der Waals surface area contributed by atoms with Crippen LogP contribution in [-0.4, -0.2) is 22.1 Å². The fraction of sp³-hybridized carbons (Fsp3) is 0.391. The summed E-state index contributed by atoms with van der Waals surface area (Å²) < 4.78 is 7.25. The fourth-order valence-corrected chi connectivity index (χ4v) is 4.31. The van der Waals surface area contributed by atoms with Gasteiger partial charge in [0.25, 0.3) is 0 Å². The summed E-state index contributed by atoms with van der Waals surface area (Å²) in [5.74, 6) is 1.79. The van der Waals surface area contributed by atoms with Crippen molar-refractivity contribution in [1.82, 2.24) is 9.88 Å². The number of carbonyl (C=O) groups excluding carboxylic acids is 1. The first kappa shape index (κ1) is 19.5. The van der Waals surface area contributed by atoms with E-state index < -0.39 is 0 Å². The van der Waals surface area contributed by atoms with Crippen LogP contribution in [0, 0.1) is 17.8 Å². The molecule has 2 aliphatic rings. The van der Waals surface area contributed by atoms with E-state index in [1.165, 1.54) is 18.7 Å². The number of fused-ring (bicyclic) bond motifs is 2. The summed E-state index contributed by atoms with van der Waals surface area (Å²) in [5, 5.41) is 12.6. The highest BCUT2D eigenvalue weighted by Gasteiger charge is 2.35. The summed E-state index contributed by atoms with van der Waals surface area (Å²) >= 11 is 0. The van der Waals surface area contributed by atoms with Gasteiger partial charge in [-0.05, 0) is 36.2 Å². The predicted octanol–water partition coefficient (Wildman–Crippen LogP) is 2.25. The van der Waals surface area contributed by atoms with E-state index in [9.17, 15) is 14.7 Å². The van der Waals surface area contributed by atoms with Crippen molar-refractivity contribution < 1.29 is 14.6 Å². The molecule has 1 fully saturated rings. The second-order valence-electron chi connectivity index (χ2n) is 7.90. The monoisotopic (exact) mass is 394 g/mol. The van der Waals surface area contributed by atoms with E-state index in [0.29, 0.717) is 30.0 Å². The Labute approximate surface area is 169 Å². The lowest BCUT2D eigenvalue weighted by atomic mass is 9.94. The van der Waals surface area contributed by atoms with Crippen LogP contribution in [0.2, 0.25) is 0 Å². The molecule has 1 aromatic heterocycles. The van der Waals surface area contributed by atoms with Crippen molar-refractivity contribution in [3.8, 4) is 5.75 Å². The number of aliphatic hydroxyl groups excluding tert-OH is 1. The SMILES string of the molecule is O=C(Cn1cc(OCc2ccccc2)c(=O)cc1CO)NCC1CC2C=CC1C2. The maximum atomic E-state index is 12.5. The minimum absolute atomic E-state index is 0.0362. The number of nitrogens with one attached hydrogen (secondary N) is 1. The minimum Gasteiger partial charge on any atom is -0.483 e. The number of aliphatic hydroxyl groups is 1. The third-order valence-corrected chi connectivity index (χ3v) is 5.87. The Morgan fingerprint density at radius 2 is 2.03 bits per heavy atom. The average molecular weight is 394 g/mol. The Hall–Kier alpha value is -2.86. The Bertz CT molecular complexity index is 951. The Morgan fingerprint density at radius 3 is 2.72 bits per heavy atom. The molecule has 0 radical (unpaired) electrons. The summed E-state index contributed by atoms with van der Waals surface area (Å²) in [4.78, 5) is 24.7. The lowest BCUT2D eigenvalue weighted by molar-refractivity contribution is -0.121. The summed E-state index contributed by atoms with van der Waals surface area (Å²) in [5.41, 5.74) is 1.03. The molecule has 1 heterocycles. The quantitative estimate of drug-likeness (QED) is 0.673. The normalized spacial score (nSPS) is 22.0. The summed E-state index contributed by atoms with van der Waals surface area (Å²) in [6.45, 7) is 0.641. The van der Waals surface area contributed by atoms with Crippen LogP contribution < -0.4 is 15.5 Å². The number of benzene rings is 1. The number of rotatable bonds is 8. The second-order valence-corrected chi connectivity index (χ2v) is 7.90. The number of hydrogen-bond donors (Lipinski definition) is 2. The first-order valence-electron chi connectivity index (χ1n) is 10.1. The van der Waals surface area contributed by atoms with E-state index >= 15 is 0 Å². The summed E-state index contributed by atoms with van der Waals surface area (Å²) in [7, 11) is 0. The van der Waals surface area contributed by atoms with Gasteiger partial charge < -0.3 is 19.7 Å². The largest absolute Gasteiger partial charge is 0.483 e. The molecule has 1 amide bonds. The van der Waals surface area contributed by atoms with Crippen LogP contribution in [0.4, 0.5) is 0 Å². The topological polar surface area (TPSA) is 80.6 Å². The van der Waals surface area contributed by atoms with E-state index in [-0.39, 0.29) is 36.8 Å². The molecule has 2 N–H and O–H groups in total. The molecule has 29 heavy (non-hydrogen) atoms. The molecular formula is C23H26N2O4. The van der Waals surface area contributed by atoms with Gasteiger partial charge in [-0.3, -0.25) is 9.59 Å². The second kappa shape index (κ2) is 8.66. The van der Waals surface area contributed by atoms with Crippen molar-refractivity contribution >= 4 is 5.91 Å². The molecule has 3 unspecified atom stereocenters. The van der Waals surface area contributed by atoms with Crippen molar-refractivity contribution in [3.05, 3.63) is 76.2 Å². The van der Waals surface area contributed by atoms with Gasteiger partial charge in [0.2, 0.25) is 11.3 Å². The zero-order valence-corrected chi connectivity index (χ0v) is 16.3. The lowest BCUT2D eigenvalue weighted by Gasteiger charge is -2.19. The first-order chi connectivity index (χ1) is 14.1. The molecule has 0 saturated heterocycles. The van der Waals surface area contributed by atoms with Crippen LogP contribution in [0.5, 0.6) is 5.75 Å². The smallest absolute Gasteiger partial charge is 0.239 e. The molecule has 4 rings (SSSR count). The van der Waals surface area contributed by atoms with Crippen molar-refractivity contribution in [3.63, 3.8) is 0 Å². The molecule has 6 nitrogen and oxygen atoms in total. The number of allylic oxidation sites excluding steroid dienone is 2. The van der Waals surface area contributed by atoms with Gasteiger partial charge in [0.15, 0.2) is 5.75 Å². The Kier molecular flexibility index (Phi) is 5.81. The van der Waals surface area contributed by atoms with E-state index in [2.05, 4.69) is 17.5 Å². The number of aromatic nitrogens is 1. The molecular weight excluding hydrogens is 368 g/mol. The van der Waals surface area contributed by atoms with Gasteiger partial charge in [0.05, 0.1) is 12.8 Å². The zero-order valence-electron chi connectivity index (χ0n) is 16.3. The van der Waals surface area contributed by atoms with Crippen LogP contribution in [0.15, 0.2) is 59.5 Å². The van der Waals surface area contributed by atoms with Gasteiger partial charge in [0.1, 0.15) is 13.2 Å². The number of ether oxygens (including phenoxy) is 1. The van der Waals surface area contributed by atoms with Crippen molar-refractivity contribution in [2.75, 3.05) is 6.54 Å². The number of nitrogens with zero attached hydrogens (tertiary/aromatic N) is 1. The maximum Gasteiger partial charge on any atom is 0.239 e. The van der Waals surface area contributed by atoms with Crippen LogP contribution in [-0.2, 0) is 24.6 Å². The van der Waals surface area contributed by atoms with E-state index in [0.717, 1.165) is 12.0 Å². The molecule has 152 valence electrons. The van der Waals surface area contributed by atoms with Gasteiger partial charge >= 0.3 is 0 Å². The predicted molar refractivity (Wildman–Crippen MR) is 109 cm³/mol. The van der Waals surface area contributed by atoms with Crippen molar-refractivity contribution in [1.29, 1.82) is 0 Å². The molecule has 1 saturated carbocycles. The van der Waals surface area contributed by atoms with Gasteiger partial charge in [-0.2, -0.15) is 0 Å². The number of carbonyl (C=O) groups is 1. The van der Waals surface area contributed by atoms with Gasteiger partial charge in [-0.15, -0.1) is 0 Å². The molecule has 0 spiro atoms. The van der Waals surface area contributed by atoms with Crippen LogP contribution >= 0.6 is 0 Å². The number of pyridine rings is 1. The van der Waals surface area contributed by atoms with E-state index in [1.807, 2.05) is 30.3 Å². The van der Waals surface area contributed by atoms with E-state index in [1.54, 1.807) is 4.57 Å². The maximum absolute atomic E-state index is 12.5. The summed E-state index contributed by atoms with van der Waals surface area (Å²) in [6.07, 6.45) is 8.41. The Balaban J connectivity index is 1.39. The van der Waals surface area contributed by atoms with Gasteiger partial charge in [-0.25, -0.2) is 0 Å². The lowest BCUT2D eigenvalue weighted by Crippen LogP contribution is -2.34. The molecule has 1 aromatic carbocycles. The highest BCUT2D eigenvalue weighted by atomic mass is 16.5. The third kappa shape index (κ3) is 4.59. The van der Waals surface area contributed by atoms with Crippen LogP contribution in [0.3, 0.4) is 0 Å². The molecule has 0 aliphatic heterocycles. The third-order valence-electron chi connectivity index (χ3n) is 5.87. The highest BCUT2D eigenvalue weighted by Crippen LogP contribution is 2.42. The molecule has 2 aliphatic carbocycles. The van der Waals surface area contributed by atoms with Crippen molar-refractivity contribution in [2.45, 2.75) is 32.6 Å². The molecule has 6 heteroatoms. The standard InChI is InChI=1S/C23H26N2O4/c26-14-20-10-21(27)22(29-15-16-4-2-1-3-5-16)12-25(20)13-23(28)24-11-19-9-17-6-7-18(19)8-17/h1-7,10,12,17-19,26H,8-9,11,13-15H2,(H,24,28). The van der Waals surface area contributed by atoms with Crippen LogP contribution in [0.25, 0.3) is 0 Å². The average Bonchev–Trinajstić information content (AvgIpc) is 3.36. The zero-order chi connectivity index (χ0) is 20.2. The minimum atomic E-state index is -0.321. The first-order valence-corrected chi connectivity index (χ1v) is 10.1. The fourth-order valence-electron chi connectivity index (χ4n) is 4.31. The van der Waals surface area contributed by atoms with Gasteiger partial charge in [0, 0.05) is 18.3 Å². The molecule has 3 atom stereocenters. The van der Waals surface area contributed by atoms with Crippen LogP contribution in [0.1, 0.15) is 24.1 Å². The van der Waals surface area contributed by atoms with Gasteiger partial charge in [-0.1, -0.05) is 42.5 Å². The van der Waals surface area contributed by atoms with Crippen molar-refractivity contribution in [2.24, 2.45) is 17.8 Å². The molecule has 2 bridgehead atoms.